The maximum absolute atomic E-state index is 10.4. The molecule has 0 unspecified atom stereocenters. The summed E-state index contributed by atoms with van der Waals surface area (Å²) in [5.41, 5.74) is 0. The lowest BCUT2D eigenvalue weighted by Crippen LogP contribution is -2.38. The van der Waals surface area contributed by atoms with Crippen molar-refractivity contribution < 1.29 is 9.90 Å². The van der Waals surface area contributed by atoms with E-state index in [1.807, 2.05) is 0 Å². The van der Waals surface area contributed by atoms with Gasteiger partial charge in [-0.3, -0.25) is 4.90 Å². The van der Waals surface area contributed by atoms with Crippen molar-refractivity contribution in [3.63, 3.8) is 0 Å². The van der Waals surface area contributed by atoms with Gasteiger partial charge in [-0.15, -0.1) is 0 Å². The highest BCUT2D eigenvalue weighted by Crippen LogP contribution is 2.20. The van der Waals surface area contributed by atoms with E-state index in [0.717, 1.165) is 25.6 Å². The van der Waals surface area contributed by atoms with Gasteiger partial charge in [0, 0.05) is 19.2 Å². The van der Waals surface area contributed by atoms with Crippen molar-refractivity contribution >= 4 is 5.97 Å². The zero-order valence-corrected chi connectivity index (χ0v) is 11.1. The first kappa shape index (κ1) is 13.6. The largest absolute Gasteiger partial charge is 0.478 e. The van der Waals surface area contributed by atoms with Crippen LogP contribution in [0.4, 0.5) is 0 Å². The fourth-order valence-corrected chi connectivity index (χ4v) is 2.98. The summed E-state index contributed by atoms with van der Waals surface area (Å²) < 4.78 is 0. The molecule has 0 aliphatic carbocycles. The number of carbonyl (C=O) groups is 1. The molecule has 4 heteroatoms. The van der Waals surface area contributed by atoms with Gasteiger partial charge in [-0.2, -0.15) is 0 Å². The average Bonchev–Trinajstić information content (AvgIpc) is 2.84. The minimum absolute atomic E-state index is 0.780. The van der Waals surface area contributed by atoms with Crippen molar-refractivity contribution in [3.8, 4) is 0 Å². The molecule has 0 aromatic carbocycles. The number of aliphatic carboxylic acids is 1. The van der Waals surface area contributed by atoms with E-state index in [2.05, 4.69) is 9.80 Å². The van der Waals surface area contributed by atoms with Crippen LogP contribution in [0.5, 0.6) is 0 Å². The Morgan fingerprint density at radius 3 is 2.39 bits per heavy atom. The number of nitrogens with zero attached hydrogens (tertiary/aromatic N) is 2. The van der Waals surface area contributed by atoms with Gasteiger partial charge in [0.05, 0.1) is 0 Å². The molecule has 2 aliphatic heterocycles. The maximum Gasteiger partial charge on any atom is 0.328 e. The van der Waals surface area contributed by atoms with Gasteiger partial charge in [0.15, 0.2) is 0 Å². The lowest BCUT2D eigenvalue weighted by Gasteiger charge is -2.33. The van der Waals surface area contributed by atoms with Crippen LogP contribution in [0.2, 0.25) is 0 Å². The minimum atomic E-state index is -0.848. The minimum Gasteiger partial charge on any atom is -0.478 e. The summed E-state index contributed by atoms with van der Waals surface area (Å²) in [6.45, 7) is 6.87. The van der Waals surface area contributed by atoms with Crippen LogP contribution < -0.4 is 0 Å². The van der Waals surface area contributed by atoms with E-state index in [1.54, 1.807) is 6.08 Å². The Bertz CT molecular complexity index is 290. The summed E-state index contributed by atoms with van der Waals surface area (Å²) >= 11 is 0. The van der Waals surface area contributed by atoms with Crippen molar-refractivity contribution in [1.29, 1.82) is 0 Å². The molecule has 4 nitrogen and oxygen atoms in total. The Labute approximate surface area is 109 Å². The quantitative estimate of drug-likeness (QED) is 0.752. The predicted molar refractivity (Wildman–Crippen MR) is 71.6 cm³/mol. The van der Waals surface area contributed by atoms with Crippen LogP contribution in [-0.2, 0) is 4.79 Å². The molecule has 2 heterocycles. The highest BCUT2D eigenvalue weighted by atomic mass is 16.4. The van der Waals surface area contributed by atoms with E-state index in [-0.39, 0.29) is 0 Å². The summed E-state index contributed by atoms with van der Waals surface area (Å²) in [5, 5.41) is 8.53. The molecule has 18 heavy (non-hydrogen) atoms. The molecule has 0 saturated carbocycles. The van der Waals surface area contributed by atoms with E-state index < -0.39 is 5.97 Å². The SMILES string of the molecule is O=C(O)C=CCN1CCC(CN2CCCC2)CC1. The molecule has 102 valence electrons. The van der Waals surface area contributed by atoms with E-state index in [1.165, 1.54) is 51.4 Å². The van der Waals surface area contributed by atoms with Crippen LogP contribution in [-0.4, -0.2) is 60.1 Å². The first-order valence-electron chi connectivity index (χ1n) is 7.08. The summed E-state index contributed by atoms with van der Waals surface area (Å²) in [5.74, 6) is 0.00160. The van der Waals surface area contributed by atoms with Crippen LogP contribution in [0, 0.1) is 5.92 Å². The molecule has 0 aromatic rings. The van der Waals surface area contributed by atoms with E-state index in [4.69, 9.17) is 5.11 Å². The molecule has 0 radical (unpaired) electrons. The van der Waals surface area contributed by atoms with Crippen LogP contribution in [0.1, 0.15) is 25.7 Å². The highest BCUT2D eigenvalue weighted by Gasteiger charge is 2.22. The molecule has 2 fully saturated rings. The number of carboxylic acids is 1. The maximum atomic E-state index is 10.4. The van der Waals surface area contributed by atoms with Crippen molar-refractivity contribution in [2.24, 2.45) is 5.92 Å². The number of piperidine rings is 1. The molecule has 1 N–H and O–H groups in total. The standard InChI is InChI=1S/C14H24N2O2/c17-14(18)4-3-9-15-10-5-13(6-11-15)12-16-7-1-2-8-16/h3-4,13H,1-2,5-12H2,(H,17,18). The van der Waals surface area contributed by atoms with Gasteiger partial charge in [0.1, 0.15) is 0 Å². The fraction of sp³-hybridized carbons (Fsp3) is 0.786. The molecule has 0 bridgehead atoms. The Morgan fingerprint density at radius 2 is 1.78 bits per heavy atom. The molecule has 2 saturated heterocycles. The van der Waals surface area contributed by atoms with Crippen molar-refractivity contribution in [3.05, 3.63) is 12.2 Å². The van der Waals surface area contributed by atoms with Crippen molar-refractivity contribution in [1.82, 2.24) is 9.80 Å². The zero-order chi connectivity index (χ0) is 12.8. The van der Waals surface area contributed by atoms with Crippen LogP contribution in [0.15, 0.2) is 12.2 Å². The fourth-order valence-electron chi connectivity index (χ4n) is 2.98. The molecule has 2 aliphatic rings. The molecule has 2 rings (SSSR count). The Kier molecular flexibility index (Phi) is 5.20. The second kappa shape index (κ2) is 6.90. The normalized spacial score (nSPS) is 24.0. The second-order valence-electron chi connectivity index (χ2n) is 5.49. The number of likely N-dealkylation sites (tertiary alicyclic amines) is 2. The molecule has 0 amide bonds. The molecule has 0 spiro atoms. The number of carboxylic acid groups (broad SMARTS) is 1. The van der Waals surface area contributed by atoms with Crippen molar-refractivity contribution in [2.45, 2.75) is 25.7 Å². The monoisotopic (exact) mass is 252 g/mol. The third kappa shape index (κ3) is 4.42. The first-order valence-corrected chi connectivity index (χ1v) is 7.08. The lowest BCUT2D eigenvalue weighted by atomic mass is 9.96. The molecule has 0 aromatic heterocycles. The Morgan fingerprint density at radius 1 is 1.11 bits per heavy atom. The van der Waals surface area contributed by atoms with Crippen LogP contribution in [0.3, 0.4) is 0 Å². The number of hydrogen-bond donors (Lipinski definition) is 1. The predicted octanol–water partition coefficient (Wildman–Crippen LogP) is 1.43. The summed E-state index contributed by atoms with van der Waals surface area (Å²) in [4.78, 5) is 15.3. The summed E-state index contributed by atoms with van der Waals surface area (Å²) in [7, 11) is 0. The lowest BCUT2D eigenvalue weighted by molar-refractivity contribution is -0.131. The molecular weight excluding hydrogens is 228 g/mol. The van der Waals surface area contributed by atoms with Crippen LogP contribution >= 0.6 is 0 Å². The van der Waals surface area contributed by atoms with Gasteiger partial charge in [0.2, 0.25) is 0 Å². The number of rotatable bonds is 5. The smallest absolute Gasteiger partial charge is 0.328 e. The van der Waals surface area contributed by atoms with Gasteiger partial charge in [-0.05, 0) is 57.8 Å². The van der Waals surface area contributed by atoms with Crippen LogP contribution in [0.25, 0.3) is 0 Å². The number of hydrogen-bond acceptors (Lipinski definition) is 3. The summed E-state index contributed by atoms with van der Waals surface area (Å²) in [6.07, 6.45) is 8.27. The van der Waals surface area contributed by atoms with Gasteiger partial charge in [0.25, 0.3) is 0 Å². The highest BCUT2D eigenvalue weighted by molar-refractivity contribution is 5.79. The van der Waals surface area contributed by atoms with Gasteiger partial charge >= 0.3 is 5.97 Å². The zero-order valence-electron chi connectivity index (χ0n) is 11.1. The third-order valence-electron chi connectivity index (χ3n) is 4.05. The first-order chi connectivity index (χ1) is 8.74. The van der Waals surface area contributed by atoms with Gasteiger partial charge in [-0.1, -0.05) is 6.08 Å². The van der Waals surface area contributed by atoms with E-state index >= 15 is 0 Å². The summed E-state index contributed by atoms with van der Waals surface area (Å²) in [6, 6.07) is 0. The van der Waals surface area contributed by atoms with Crippen molar-refractivity contribution in [2.75, 3.05) is 39.3 Å². The average molecular weight is 252 g/mol. The van der Waals surface area contributed by atoms with E-state index in [9.17, 15) is 4.79 Å². The second-order valence-corrected chi connectivity index (χ2v) is 5.49. The van der Waals surface area contributed by atoms with Gasteiger partial charge in [-0.25, -0.2) is 4.79 Å². The van der Waals surface area contributed by atoms with Gasteiger partial charge < -0.3 is 10.0 Å². The molecule has 0 atom stereocenters. The Hall–Kier alpha value is -0.870. The Balaban J connectivity index is 1.63. The van der Waals surface area contributed by atoms with E-state index in [0.29, 0.717) is 0 Å². The topological polar surface area (TPSA) is 43.8 Å². The third-order valence-corrected chi connectivity index (χ3v) is 4.05. The molecular formula is C14H24N2O2.